The van der Waals surface area contributed by atoms with E-state index in [0.29, 0.717) is 15.4 Å². The molecule has 146 valence electrons. The Balaban J connectivity index is 1.76. The highest BCUT2D eigenvalue weighted by Crippen LogP contribution is 2.36. The molecule has 0 fully saturated rings. The van der Waals surface area contributed by atoms with Crippen LogP contribution >= 0.6 is 22.9 Å². The number of benzene rings is 2. The summed E-state index contributed by atoms with van der Waals surface area (Å²) in [5.74, 6) is -1.44. The van der Waals surface area contributed by atoms with Gasteiger partial charge in [0, 0.05) is 21.5 Å². The lowest BCUT2D eigenvalue weighted by Crippen LogP contribution is -2.18. The third kappa shape index (κ3) is 4.35. The van der Waals surface area contributed by atoms with Crippen LogP contribution in [0, 0.1) is 0 Å². The maximum Gasteiger partial charge on any atom is 0.341 e. The number of fused-ring (bicyclic) bond motifs is 1. The molecule has 9 heteroatoms. The third-order valence-corrected chi connectivity index (χ3v) is 7.08. The van der Waals surface area contributed by atoms with Crippen molar-refractivity contribution in [3.05, 3.63) is 59.1 Å². The minimum absolute atomic E-state index is 0.0989. The average Bonchev–Trinajstić information content (AvgIpc) is 3.04. The summed E-state index contributed by atoms with van der Waals surface area (Å²) < 4.78 is 30.4. The molecule has 6 nitrogen and oxygen atoms in total. The van der Waals surface area contributed by atoms with Gasteiger partial charge in [-0.05, 0) is 30.3 Å². The fraction of sp³-hybridized carbons (Fsp3) is 0.158. The first kappa shape index (κ1) is 20.3. The van der Waals surface area contributed by atoms with Crippen LogP contribution in [-0.4, -0.2) is 33.2 Å². The summed E-state index contributed by atoms with van der Waals surface area (Å²) in [6.07, 6.45) is -0.250. The Labute approximate surface area is 171 Å². The van der Waals surface area contributed by atoms with Crippen molar-refractivity contribution >= 4 is 59.7 Å². The zero-order chi connectivity index (χ0) is 20.3. The zero-order valence-corrected chi connectivity index (χ0v) is 17.2. The van der Waals surface area contributed by atoms with Crippen molar-refractivity contribution in [2.24, 2.45) is 0 Å². The minimum atomic E-state index is -3.63. The van der Waals surface area contributed by atoms with Crippen molar-refractivity contribution < 1.29 is 22.7 Å². The van der Waals surface area contributed by atoms with E-state index in [4.69, 9.17) is 16.3 Å². The number of rotatable bonds is 6. The van der Waals surface area contributed by atoms with E-state index in [0.717, 1.165) is 4.70 Å². The van der Waals surface area contributed by atoms with Crippen molar-refractivity contribution in [1.82, 2.24) is 0 Å². The van der Waals surface area contributed by atoms with E-state index in [1.54, 1.807) is 12.1 Å². The van der Waals surface area contributed by atoms with Crippen LogP contribution in [0.5, 0.6) is 0 Å². The molecule has 28 heavy (non-hydrogen) atoms. The monoisotopic (exact) mass is 437 g/mol. The molecule has 0 aliphatic rings. The fourth-order valence-electron chi connectivity index (χ4n) is 2.61. The van der Waals surface area contributed by atoms with Crippen molar-refractivity contribution in [2.75, 3.05) is 18.2 Å². The molecule has 3 aromatic rings. The van der Waals surface area contributed by atoms with Gasteiger partial charge >= 0.3 is 5.97 Å². The summed E-state index contributed by atoms with van der Waals surface area (Å²) >= 11 is 7.00. The van der Waals surface area contributed by atoms with Gasteiger partial charge in [-0.25, -0.2) is 13.2 Å². The van der Waals surface area contributed by atoms with Gasteiger partial charge in [-0.1, -0.05) is 29.8 Å². The molecule has 1 aromatic heterocycles. The molecule has 0 saturated heterocycles. The molecular weight excluding hydrogens is 422 g/mol. The van der Waals surface area contributed by atoms with E-state index < -0.39 is 21.7 Å². The number of ether oxygens (including phenoxy) is 1. The lowest BCUT2D eigenvalue weighted by molar-refractivity contribution is -0.115. The maximum atomic E-state index is 12.4. The van der Waals surface area contributed by atoms with Gasteiger partial charge in [0.2, 0.25) is 5.91 Å². The van der Waals surface area contributed by atoms with Crippen molar-refractivity contribution in [1.29, 1.82) is 0 Å². The van der Waals surface area contributed by atoms with Crippen LogP contribution in [0.1, 0.15) is 16.8 Å². The van der Waals surface area contributed by atoms with Gasteiger partial charge in [-0.15, -0.1) is 11.3 Å². The first-order valence-electron chi connectivity index (χ1n) is 8.20. The van der Waals surface area contributed by atoms with Crippen LogP contribution in [-0.2, 0) is 19.4 Å². The number of halogens is 1. The third-order valence-electron chi connectivity index (χ3n) is 4.01. The van der Waals surface area contributed by atoms with Crippen LogP contribution < -0.4 is 5.32 Å². The molecule has 1 heterocycles. The molecular formula is C19H16ClNO5S2. The summed E-state index contributed by atoms with van der Waals surface area (Å²) in [6.45, 7) is 0. The molecule has 0 bridgehead atoms. The highest BCUT2D eigenvalue weighted by molar-refractivity contribution is 7.91. The molecule has 1 N–H and O–H groups in total. The lowest BCUT2D eigenvalue weighted by Gasteiger charge is -2.07. The highest BCUT2D eigenvalue weighted by Gasteiger charge is 2.22. The molecule has 0 radical (unpaired) electrons. The molecule has 0 aliphatic heterocycles. The number of amides is 1. The number of hydrogen-bond acceptors (Lipinski definition) is 6. The minimum Gasteiger partial charge on any atom is -0.465 e. The number of hydrogen-bond donors (Lipinski definition) is 1. The second-order valence-electron chi connectivity index (χ2n) is 5.86. The standard InChI is InChI=1S/C19H16ClNO5S2/c1-26-19(23)17-14-4-2-3-5-15(14)27-18(17)21-16(22)10-11-28(24,25)13-8-6-12(20)7-9-13/h2-9H,10-11H2,1H3,(H,21,22). The van der Waals surface area contributed by atoms with Gasteiger partial charge in [0.05, 0.1) is 17.8 Å². The van der Waals surface area contributed by atoms with Crippen LogP contribution in [0.3, 0.4) is 0 Å². The highest BCUT2D eigenvalue weighted by atomic mass is 35.5. The van der Waals surface area contributed by atoms with E-state index in [-0.39, 0.29) is 22.6 Å². The Morgan fingerprint density at radius 1 is 1.11 bits per heavy atom. The van der Waals surface area contributed by atoms with Crippen molar-refractivity contribution in [3.8, 4) is 0 Å². The number of thiophene rings is 1. The number of sulfone groups is 1. The van der Waals surface area contributed by atoms with Crippen LogP contribution in [0.15, 0.2) is 53.4 Å². The van der Waals surface area contributed by atoms with E-state index in [9.17, 15) is 18.0 Å². The topological polar surface area (TPSA) is 89.5 Å². The molecule has 3 rings (SSSR count). The normalized spacial score (nSPS) is 11.4. The van der Waals surface area contributed by atoms with E-state index in [1.165, 1.54) is 42.7 Å². The Hall–Kier alpha value is -2.42. The van der Waals surface area contributed by atoms with Crippen LogP contribution in [0.2, 0.25) is 5.02 Å². The molecule has 1 amide bonds. The quantitative estimate of drug-likeness (QED) is 0.585. The number of anilines is 1. The summed E-state index contributed by atoms with van der Waals surface area (Å²) in [6, 6.07) is 13.0. The largest absolute Gasteiger partial charge is 0.465 e. The van der Waals surface area contributed by atoms with Gasteiger partial charge in [0.25, 0.3) is 0 Å². The number of nitrogens with one attached hydrogen (secondary N) is 1. The van der Waals surface area contributed by atoms with E-state index >= 15 is 0 Å². The fourth-order valence-corrected chi connectivity index (χ4v) is 5.09. The molecule has 2 aromatic carbocycles. The van der Waals surface area contributed by atoms with Gasteiger partial charge in [0.1, 0.15) is 10.6 Å². The summed E-state index contributed by atoms with van der Waals surface area (Å²) in [4.78, 5) is 24.6. The van der Waals surface area contributed by atoms with Gasteiger partial charge in [-0.2, -0.15) is 0 Å². The van der Waals surface area contributed by atoms with Gasteiger partial charge in [0.15, 0.2) is 9.84 Å². The Bertz CT molecular complexity index is 1140. The predicted molar refractivity (Wildman–Crippen MR) is 110 cm³/mol. The Morgan fingerprint density at radius 3 is 2.46 bits per heavy atom. The number of esters is 1. The first-order chi connectivity index (χ1) is 13.3. The molecule has 0 spiro atoms. The Kier molecular flexibility index (Phi) is 6.02. The summed E-state index contributed by atoms with van der Waals surface area (Å²) in [5.41, 5.74) is 0.261. The van der Waals surface area contributed by atoms with Crippen molar-refractivity contribution in [2.45, 2.75) is 11.3 Å². The van der Waals surface area contributed by atoms with Crippen molar-refractivity contribution in [3.63, 3.8) is 0 Å². The van der Waals surface area contributed by atoms with E-state index in [2.05, 4.69) is 5.32 Å². The molecule has 0 unspecified atom stereocenters. The lowest BCUT2D eigenvalue weighted by atomic mass is 10.1. The number of methoxy groups -OCH3 is 1. The van der Waals surface area contributed by atoms with Gasteiger partial charge in [-0.3, -0.25) is 4.79 Å². The van der Waals surface area contributed by atoms with E-state index in [1.807, 2.05) is 12.1 Å². The molecule has 0 aliphatic carbocycles. The molecule has 0 saturated carbocycles. The summed E-state index contributed by atoms with van der Waals surface area (Å²) in [7, 11) is -2.36. The number of carbonyl (C=O) groups is 2. The summed E-state index contributed by atoms with van der Waals surface area (Å²) in [5, 5.41) is 4.07. The number of carbonyl (C=O) groups excluding carboxylic acids is 2. The SMILES string of the molecule is COC(=O)c1c(NC(=O)CCS(=O)(=O)c2ccc(Cl)cc2)sc2ccccc12. The zero-order valence-electron chi connectivity index (χ0n) is 14.8. The second-order valence-corrected chi connectivity index (χ2v) is 9.46. The maximum absolute atomic E-state index is 12.4. The predicted octanol–water partition coefficient (Wildman–Crippen LogP) is 4.14. The van der Waals surface area contributed by atoms with Crippen LogP contribution in [0.25, 0.3) is 10.1 Å². The van der Waals surface area contributed by atoms with Crippen LogP contribution in [0.4, 0.5) is 5.00 Å². The second kappa shape index (κ2) is 8.30. The van der Waals surface area contributed by atoms with Gasteiger partial charge < -0.3 is 10.1 Å². The molecule has 0 atom stereocenters. The smallest absolute Gasteiger partial charge is 0.341 e. The average molecular weight is 438 g/mol. The Morgan fingerprint density at radius 2 is 1.79 bits per heavy atom. The first-order valence-corrected chi connectivity index (χ1v) is 11.0.